The van der Waals surface area contributed by atoms with E-state index < -0.39 is 0 Å². The van der Waals surface area contributed by atoms with Crippen molar-refractivity contribution in [2.45, 2.75) is 20.0 Å². The van der Waals surface area contributed by atoms with Crippen LogP contribution in [0.15, 0.2) is 52.9 Å². The number of hydrogen-bond donors (Lipinski definition) is 0. The minimum absolute atomic E-state index is 0.377. The molecule has 1 heterocycles. The Morgan fingerprint density at radius 2 is 1.65 bits per heavy atom. The largest absolute Gasteiger partial charge is 0.493 e. The number of rotatable bonds is 5. The average molecular weight is 310 g/mol. The van der Waals surface area contributed by atoms with Gasteiger partial charge in [0.25, 0.3) is 5.89 Å². The van der Waals surface area contributed by atoms with E-state index in [1.165, 1.54) is 5.56 Å². The van der Waals surface area contributed by atoms with E-state index in [-0.39, 0.29) is 6.10 Å². The molecule has 0 N–H and O–H groups in total. The van der Waals surface area contributed by atoms with Gasteiger partial charge < -0.3 is 13.9 Å². The Balaban J connectivity index is 1.78. The fourth-order valence-electron chi connectivity index (χ4n) is 2.17. The molecule has 2 aromatic carbocycles. The van der Waals surface area contributed by atoms with Crippen LogP contribution in [0.1, 0.15) is 24.5 Å². The summed E-state index contributed by atoms with van der Waals surface area (Å²) >= 11 is 0. The highest BCUT2D eigenvalue weighted by molar-refractivity contribution is 5.52. The molecule has 0 saturated heterocycles. The first kappa shape index (κ1) is 15.1. The van der Waals surface area contributed by atoms with Crippen LogP contribution in [-0.4, -0.2) is 17.3 Å². The number of benzene rings is 2. The lowest BCUT2D eigenvalue weighted by molar-refractivity contribution is 0.182. The molecule has 0 spiro atoms. The molecule has 0 aliphatic rings. The topological polar surface area (TPSA) is 57.4 Å². The Bertz CT molecular complexity index is 781. The fraction of sp³-hybridized carbons (Fsp3) is 0.222. The van der Waals surface area contributed by atoms with Crippen molar-refractivity contribution >= 4 is 0 Å². The summed E-state index contributed by atoms with van der Waals surface area (Å²) < 4.78 is 16.9. The first-order valence-corrected chi connectivity index (χ1v) is 7.37. The predicted molar refractivity (Wildman–Crippen MR) is 86.5 cm³/mol. The second-order valence-electron chi connectivity index (χ2n) is 5.22. The van der Waals surface area contributed by atoms with Gasteiger partial charge in [-0.2, -0.15) is 0 Å². The van der Waals surface area contributed by atoms with Crippen LogP contribution in [0.2, 0.25) is 0 Å². The van der Waals surface area contributed by atoms with Gasteiger partial charge in [-0.3, -0.25) is 0 Å². The lowest BCUT2D eigenvalue weighted by Gasteiger charge is -2.13. The molecular formula is C18H18N2O3. The zero-order valence-electron chi connectivity index (χ0n) is 13.3. The Kier molecular flexibility index (Phi) is 4.28. The summed E-state index contributed by atoms with van der Waals surface area (Å²) in [4.78, 5) is 0. The number of ether oxygens (including phenoxy) is 2. The number of nitrogens with zero attached hydrogens (tertiary/aromatic N) is 2. The zero-order valence-corrected chi connectivity index (χ0v) is 13.3. The molecule has 1 aromatic heterocycles. The van der Waals surface area contributed by atoms with Crippen LogP contribution < -0.4 is 9.47 Å². The Morgan fingerprint density at radius 1 is 0.957 bits per heavy atom. The number of hydrogen-bond acceptors (Lipinski definition) is 5. The van der Waals surface area contributed by atoms with Crippen LogP contribution in [0.25, 0.3) is 11.5 Å². The third-order valence-electron chi connectivity index (χ3n) is 3.46. The zero-order chi connectivity index (χ0) is 16.2. The second-order valence-corrected chi connectivity index (χ2v) is 5.22. The number of para-hydroxylation sites is 2. The molecule has 1 atom stereocenters. The van der Waals surface area contributed by atoms with Gasteiger partial charge in [0.15, 0.2) is 17.6 Å². The van der Waals surface area contributed by atoms with E-state index in [0.717, 1.165) is 5.56 Å². The van der Waals surface area contributed by atoms with E-state index in [4.69, 9.17) is 13.9 Å². The van der Waals surface area contributed by atoms with Crippen LogP contribution in [0, 0.1) is 6.92 Å². The highest BCUT2D eigenvalue weighted by Gasteiger charge is 2.18. The highest BCUT2D eigenvalue weighted by Crippen LogP contribution is 2.31. The van der Waals surface area contributed by atoms with Crippen LogP contribution in [0.3, 0.4) is 0 Å². The van der Waals surface area contributed by atoms with Crippen molar-refractivity contribution in [3.63, 3.8) is 0 Å². The molecule has 5 nitrogen and oxygen atoms in total. The van der Waals surface area contributed by atoms with Gasteiger partial charge in [-0.15, -0.1) is 10.2 Å². The summed E-state index contributed by atoms with van der Waals surface area (Å²) in [7, 11) is 1.61. The van der Waals surface area contributed by atoms with E-state index in [2.05, 4.69) is 10.2 Å². The van der Waals surface area contributed by atoms with Gasteiger partial charge in [-0.25, -0.2) is 0 Å². The quantitative estimate of drug-likeness (QED) is 0.707. The molecule has 0 fully saturated rings. The summed E-state index contributed by atoms with van der Waals surface area (Å²) in [5, 5.41) is 8.18. The Hall–Kier alpha value is -2.82. The van der Waals surface area contributed by atoms with Crippen LogP contribution in [-0.2, 0) is 0 Å². The van der Waals surface area contributed by atoms with Crippen molar-refractivity contribution in [3.05, 3.63) is 60.0 Å². The smallest absolute Gasteiger partial charge is 0.257 e. The first-order valence-electron chi connectivity index (χ1n) is 7.37. The Labute approximate surface area is 134 Å². The molecule has 0 radical (unpaired) electrons. The lowest BCUT2D eigenvalue weighted by Crippen LogP contribution is -2.04. The van der Waals surface area contributed by atoms with Gasteiger partial charge >= 0.3 is 0 Å². The van der Waals surface area contributed by atoms with Gasteiger partial charge in [-0.1, -0.05) is 29.8 Å². The molecule has 5 heteroatoms. The highest BCUT2D eigenvalue weighted by atomic mass is 16.5. The normalized spacial score (nSPS) is 12.0. The minimum atomic E-state index is -0.377. The molecule has 118 valence electrons. The molecule has 0 aliphatic heterocycles. The first-order chi connectivity index (χ1) is 11.2. The lowest BCUT2D eigenvalue weighted by atomic mass is 10.1. The minimum Gasteiger partial charge on any atom is -0.493 e. The van der Waals surface area contributed by atoms with Gasteiger partial charge in [0, 0.05) is 5.56 Å². The molecule has 0 aliphatic carbocycles. The van der Waals surface area contributed by atoms with Crippen molar-refractivity contribution in [3.8, 4) is 23.0 Å². The Morgan fingerprint density at radius 3 is 2.35 bits per heavy atom. The van der Waals surface area contributed by atoms with Gasteiger partial charge in [-0.05, 0) is 38.1 Å². The van der Waals surface area contributed by atoms with Crippen LogP contribution >= 0.6 is 0 Å². The summed E-state index contributed by atoms with van der Waals surface area (Å²) in [6.07, 6.45) is -0.377. The molecule has 3 rings (SSSR count). The molecular weight excluding hydrogens is 292 g/mol. The maximum absolute atomic E-state index is 5.87. The standard InChI is InChI=1S/C18H18N2O3/c1-12-8-10-14(11-9-12)18-20-19-17(23-18)13(2)22-16-7-5-4-6-15(16)21-3/h4-11,13H,1-3H3. The number of methoxy groups -OCH3 is 1. The van der Waals surface area contributed by atoms with Crippen molar-refractivity contribution < 1.29 is 13.9 Å². The molecule has 0 amide bonds. The summed E-state index contributed by atoms with van der Waals surface area (Å²) in [5.74, 6) is 2.21. The second kappa shape index (κ2) is 6.52. The maximum atomic E-state index is 5.87. The number of aromatic nitrogens is 2. The average Bonchev–Trinajstić information content (AvgIpc) is 3.06. The van der Waals surface area contributed by atoms with Crippen molar-refractivity contribution in [2.24, 2.45) is 0 Å². The molecule has 1 unspecified atom stereocenters. The van der Waals surface area contributed by atoms with E-state index in [0.29, 0.717) is 23.3 Å². The van der Waals surface area contributed by atoms with Crippen molar-refractivity contribution in [1.29, 1.82) is 0 Å². The fourth-order valence-corrected chi connectivity index (χ4v) is 2.17. The maximum Gasteiger partial charge on any atom is 0.257 e. The third kappa shape index (κ3) is 3.34. The van der Waals surface area contributed by atoms with Gasteiger partial charge in [0.1, 0.15) is 0 Å². The molecule has 3 aromatic rings. The summed E-state index contributed by atoms with van der Waals surface area (Å²) in [6.45, 7) is 3.89. The molecule has 23 heavy (non-hydrogen) atoms. The number of aryl methyl sites for hydroxylation is 1. The van der Waals surface area contributed by atoms with Gasteiger partial charge in [0.2, 0.25) is 5.89 Å². The SMILES string of the molecule is COc1ccccc1OC(C)c1nnc(-c2ccc(C)cc2)o1. The van der Waals surface area contributed by atoms with Crippen molar-refractivity contribution in [1.82, 2.24) is 10.2 Å². The molecule has 0 saturated carbocycles. The molecule has 0 bridgehead atoms. The summed E-state index contributed by atoms with van der Waals surface area (Å²) in [6, 6.07) is 15.4. The third-order valence-corrected chi connectivity index (χ3v) is 3.46. The monoisotopic (exact) mass is 310 g/mol. The van der Waals surface area contributed by atoms with E-state index in [1.807, 2.05) is 62.4 Å². The van der Waals surface area contributed by atoms with Gasteiger partial charge in [0.05, 0.1) is 7.11 Å². The van der Waals surface area contributed by atoms with Crippen molar-refractivity contribution in [2.75, 3.05) is 7.11 Å². The van der Waals surface area contributed by atoms with Crippen LogP contribution in [0.5, 0.6) is 11.5 Å². The summed E-state index contributed by atoms with van der Waals surface area (Å²) in [5.41, 5.74) is 2.07. The van der Waals surface area contributed by atoms with E-state index in [9.17, 15) is 0 Å². The predicted octanol–water partition coefficient (Wildman–Crippen LogP) is 4.19. The van der Waals surface area contributed by atoms with E-state index >= 15 is 0 Å². The van der Waals surface area contributed by atoms with Crippen LogP contribution in [0.4, 0.5) is 0 Å². The van der Waals surface area contributed by atoms with E-state index in [1.54, 1.807) is 7.11 Å².